The molecule has 0 spiro atoms. The minimum absolute atomic E-state index is 0.133. The Balaban J connectivity index is 2.64. The third-order valence-electron chi connectivity index (χ3n) is 2.08. The zero-order valence-electron chi connectivity index (χ0n) is 9.08. The molecule has 1 aromatic carbocycles. The summed E-state index contributed by atoms with van der Waals surface area (Å²) in [7, 11) is 0. The van der Waals surface area contributed by atoms with Crippen LogP contribution >= 0.6 is 0 Å². The molecule has 14 heavy (non-hydrogen) atoms. The van der Waals surface area contributed by atoms with Gasteiger partial charge in [-0.15, -0.1) is 0 Å². The van der Waals surface area contributed by atoms with E-state index in [4.69, 9.17) is 9.84 Å². The first-order valence-electron chi connectivity index (χ1n) is 5.01. The van der Waals surface area contributed by atoms with E-state index < -0.39 is 0 Å². The van der Waals surface area contributed by atoms with Crippen LogP contribution in [0.5, 0.6) is 11.5 Å². The zero-order chi connectivity index (χ0) is 10.6. The van der Waals surface area contributed by atoms with E-state index in [-0.39, 0.29) is 11.4 Å². The molecule has 0 heterocycles. The van der Waals surface area contributed by atoms with Gasteiger partial charge in [0.25, 0.3) is 0 Å². The SMILES string of the molecule is CCCC(C)(C)Oc1ccc(O)cc1. The molecule has 0 saturated carbocycles. The van der Waals surface area contributed by atoms with Gasteiger partial charge in [0, 0.05) is 0 Å². The van der Waals surface area contributed by atoms with E-state index in [1.165, 1.54) is 0 Å². The van der Waals surface area contributed by atoms with Crippen molar-refractivity contribution in [1.29, 1.82) is 0 Å². The fourth-order valence-electron chi connectivity index (χ4n) is 1.49. The van der Waals surface area contributed by atoms with E-state index in [1.54, 1.807) is 24.3 Å². The Labute approximate surface area is 85.5 Å². The summed E-state index contributed by atoms with van der Waals surface area (Å²) < 4.78 is 5.79. The van der Waals surface area contributed by atoms with Crippen LogP contribution in [0.4, 0.5) is 0 Å². The average Bonchev–Trinajstić information content (AvgIpc) is 2.08. The standard InChI is InChI=1S/C12H18O2/c1-4-9-12(2,3)14-11-7-5-10(13)6-8-11/h5-8,13H,4,9H2,1-3H3. The third-order valence-corrected chi connectivity index (χ3v) is 2.08. The number of hydrogen-bond acceptors (Lipinski definition) is 2. The largest absolute Gasteiger partial charge is 0.508 e. The lowest BCUT2D eigenvalue weighted by Gasteiger charge is -2.25. The summed E-state index contributed by atoms with van der Waals surface area (Å²) in [4.78, 5) is 0. The second-order valence-electron chi connectivity index (χ2n) is 4.11. The van der Waals surface area contributed by atoms with Gasteiger partial charge in [-0.2, -0.15) is 0 Å². The van der Waals surface area contributed by atoms with Gasteiger partial charge in [-0.25, -0.2) is 0 Å². The van der Waals surface area contributed by atoms with Gasteiger partial charge >= 0.3 is 0 Å². The summed E-state index contributed by atoms with van der Waals surface area (Å²) >= 11 is 0. The highest BCUT2D eigenvalue weighted by Gasteiger charge is 2.17. The Morgan fingerprint density at radius 2 is 1.79 bits per heavy atom. The van der Waals surface area contributed by atoms with E-state index in [1.807, 2.05) is 0 Å². The second-order valence-corrected chi connectivity index (χ2v) is 4.11. The van der Waals surface area contributed by atoms with Gasteiger partial charge in [-0.1, -0.05) is 13.3 Å². The fourth-order valence-corrected chi connectivity index (χ4v) is 1.49. The van der Waals surface area contributed by atoms with Crippen molar-refractivity contribution >= 4 is 0 Å². The van der Waals surface area contributed by atoms with Crippen LogP contribution in [0, 0.1) is 0 Å². The van der Waals surface area contributed by atoms with Crippen molar-refractivity contribution in [2.45, 2.75) is 39.2 Å². The van der Waals surface area contributed by atoms with Gasteiger partial charge in [0.1, 0.15) is 17.1 Å². The van der Waals surface area contributed by atoms with Gasteiger partial charge in [0.05, 0.1) is 0 Å². The van der Waals surface area contributed by atoms with Crippen molar-refractivity contribution in [3.63, 3.8) is 0 Å². The molecule has 0 radical (unpaired) electrons. The van der Waals surface area contributed by atoms with Crippen LogP contribution in [0.25, 0.3) is 0 Å². The Morgan fingerprint density at radius 1 is 1.21 bits per heavy atom. The Bertz CT molecular complexity index is 275. The summed E-state index contributed by atoms with van der Waals surface area (Å²) in [5, 5.41) is 9.10. The maximum absolute atomic E-state index is 9.10. The first kappa shape index (κ1) is 10.9. The maximum atomic E-state index is 9.10. The van der Waals surface area contributed by atoms with Gasteiger partial charge in [0.2, 0.25) is 0 Å². The molecular weight excluding hydrogens is 176 g/mol. The number of phenolic OH excluding ortho intramolecular Hbond substituents is 1. The molecule has 0 aliphatic heterocycles. The Hall–Kier alpha value is -1.18. The Kier molecular flexibility index (Phi) is 3.39. The van der Waals surface area contributed by atoms with E-state index in [0.29, 0.717) is 0 Å². The molecule has 0 aliphatic rings. The first-order valence-corrected chi connectivity index (χ1v) is 5.01. The molecule has 2 nitrogen and oxygen atoms in total. The summed E-state index contributed by atoms with van der Waals surface area (Å²) in [6.07, 6.45) is 2.12. The monoisotopic (exact) mass is 194 g/mol. The topological polar surface area (TPSA) is 29.5 Å². The lowest BCUT2D eigenvalue weighted by molar-refractivity contribution is 0.0985. The number of phenols is 1. The highest BCUT2D eigenvalue weighted by molar-refractivity contribution is 5.30. The van der Waals surface area contributed by atoms with Crippen LogP contribution in [-0.2, 0) is 0 Å². The van der Waals surface area contributed by atoms with Crippen LogP contribution in [0.3, 0.4) is 0 Å². The van der Waals surface area contributed by atoms with Gasteiger partial charge < -0.3 is 9.84 Å². The molecule has 0 saturated heterocycles. The molecule has 78 valence electrons. The van der Waals surface area contributed by atoms with Crippen molar-refractivity contribution in [2.24, 2.45) is 0 Å². The van der Waals surface area contributed by atoms with E-state index in [0.717, 1.165) is 18.6 Å². The molecule has 0 fully saturated rings. The molecule has 1 aromatic rings. The second kappa shape index (κ2) is 4.36. The smallest absolute Gasteiger partial charge is 0.120 e. The lowest BCUT2D eigenvalue weighted by atomic mass is 10.0. The molecule has 0 bridgehead atoms. The molecule has 2 heteroatoms. The quantitative estimate of drug-likeness (QED) is 0.796. The minimum Gasteiger partial charge on any atom is -0.508 e. The van der Waals surface area contributed by atoms with Crippen LogP contribution in [-0.4, -0.2) is 10.7 Å². The zero-order valence-corrected chi connectivity index (χ0v) is 9.08. The summed E-state index contributed by atoms with van der Waals surface area (Å²) in [5.41, 5.74) is -0.133. The molecule has 0 aromatic heterocycles. The molecule has 0 unspecified atom stereocenters. The third kappa shape index (κ3) is 3.29. The van der Waals surface area contributed by atoms with Crippen LogP contribution in [0.15, 0.2) is 24.3 Å². The summed E-state index contributed by atoms with van der Waals surface area (Å²) in [5.74, 6) is 1.08. The van der Waals surface area contributed by atoms with Gasteiger partial charge in [0.15, 0.2) is 0 Å². The number of aromatic hydroxyl groups is 1. The maximum Gasteiger partial charge on any atom is 0.120 e. The van der Waals surface area contributed by atoms with Crippen LogP contribution in [0.1, 0.15) is 33.6 Å². The Morgan fingerprint density at radius 3 is 2.29 bits per heavy atom. The van der Waals surface area contributed by atoms with Gasteiger partial charge in [-0.3, -0.25) is 0 Å². The van der Waals surface area contributed by atoms with Crippen molar-refractivity contribution < 1.29 is 9.84 Å². The normalized spacial score (nSPS) is 11.4. The molecule has 0 aliphatic carbocycles. The van der Waals surface area contributed by atoms with E-state index in [9.17, 15) is 0 Å². The molecular formula is C12H18O2. The first-order chi connectivity index (χ1) is 6.53. The number of ether oxygens (including phenoxy) is 1. The van der Waals surface area contributed by atoms with E-state index >= 15 is 0 Å². The van der Waals surface area contributed by atoms with Gasteiger partial charge in [-0.05, 0) is 44.5 Å². The molecule has 0 atom stereocenters. The van der Waals surface area contributed by atoms with Crippen molar-refractivity contribution in [3.05, 3.63) is 24.3 Å². The summed E-state index contributed by atoms with van der Waals surface area (Å²) in [6, 6.07) is 6.84. The van der Waals surface area contributed by atoms with Crippen LogP contribution in [0.2, 0.25) is 0 Å². The van der Waals surface area contributed by atoms with E-state index in [2.05, 4.69) is 20.8 Å². The average molecular weight is 194 g/mol. The predicted octanol–water partition coefficient (Wildman–Crippen LogP) is 3.35. The number of hydrogen-bond donors (Lipinski definition) is 1. The lowest BCUT2D eigenvalue weighted by Crippen LogP contribution is -2.27. The van der Waals surface area contributed by atoms with Crippen molar-refractivity contribution in [3.8, 4) is 11.5 Å². The predicted molar refractivity (Wildman–Crippen MR) is 57.7 cm³/mol. The highest BCUT2D eigenvalue weighted by atomic mass is 16.5. The fraction of sp³-hybridized carbons (Fsp3) is 0.500. The molecule has 0 amide bonds. The minimum atomic E-state index is -0.133. The summed E-state index contributed by atoms with van der Waals surface area (Å²) in [6.45, 7) is 6.29. The molecule has 1 N–H and O–H groups in total. The van der Waals surface area contributed by atoms with Crippen LogP contribution < -0.4 is 4.74 Å². The van der Waals surface area contributed by atoms with Crippen molar-refractivity contribution in [1.82, 2.24) is 0 Å². The van der Waals surface area contributed by atoms with Crippen molar-refractivity contribution in [2.75, 3.05) is 0 Å². The number of benzene rings is 1. The number of rotatable bonds is 4. The highest BCUT2D eigenvalue weighted by Crippen LogP contribution is 2.23. The molecule has 1 rings (SSSR count).